The molecule has 4 heteroatoms. The summed E-state index contributed by atoms with van der Waals surface area (Å²) in [6.45, 7) is 0. The molecule has 0 aliphatic carbocycles. The molecule has 0 fully saturated rings. The van der Waals surface area contributed by atoms with Gasteiger partial charge in [0.25, 0.3) is 0 Å². The zero-order valence-electron chi connectivity index (χ0n) is 8.74. The van der Waals surface area contributed by atoms with Crippen LogP contribution in [0.4, 0.5) is 15.8 Å². The maximum Gasteiger partial charge on any atom is 0.143 e. The van der Waals surface area contributed by atoms with Crippen LogP contribution in [0, 0.1) is 20.7 Å². The third-order valence-corrected chi connectivity index (χ3v) is 3.18. The first-order chi connectivity index (χ1) is 8.20. The SMILES string of the molecule is N#Cc1ccc(Nc2ccccc2I)cc1F. The fourth-order valence-corrected chi connectivity index (χ4v) is 1.92. The lowest BCUT2D eigenvalue weighted by Gasteiger charge is -2.08. The van der Waals surface area contributed by atoms with E-state index in [0.717, 1.165) is 9.26 Å². The minimum atomic E-state index is -0.511. The van der Waals surface area contributed by atoms with Crippen molar-refractivity contribution in [3.05, 3.63) is 57.4 Å². The molecule has 0 spiro atoms. The van der Waals surface area contributed by atoms with E-state index < -0.39 is 5.82 Å². The molecule has 2 nitrogen and oxygen atoms in total. The number of halogens is 2. The van der Waals surface area contributed by atoms with Gasteiger partial charge in [-0.1, -0.05) is 12.1 Å². The molecule has 0 unspecified atom stereocenters. The Morgan fingerprint density at radius 1 is 1.18 bits per heavy atom. The van der Waals surface area contributed by atoms with E-state index in [2.05, 4.69) is 27.9 Å². The second-order valence-corrected chi connectivity index (χ2v) is 4.57. The molecule has 0 amide bonds. The van der Waals surface area contributed by atoms with Gasteiger partial charge in [0.1, 0.15) is 11.9 Å². The molecule has 2 rings (SSSR count). The first kappa shape index (κ1) is 11.9. The minimum absolute atomic E-state index is 0.0540. The number of hydrogen-bond donors (Lipinski definition) is 1. The number of rotatable bonds is 2. The van der Waals surface area contributed by atoms with E-state index in [1.165, 1.54) is 12.1 Å². The van der Waals surface area contributed by atoms with Crippen LogP contribution in [0.1, 0.15) is 5.56 Å². The number of para-hydroxylation sites is 1. The van der Waals surface area contributed by atoms with Gasteiger partial charge in [0.2, 0.25) is 0 Å². The largest absolute Gasteiger partial charge is 0.355 e. The standard InChI is InChI=1S/C13H8FIN2/c14-11-7-10(6-5-9(11)8-16)17-13-4-2-1-3-12(13)15/h1-7,17H. The lowest BCUT2D eigenvalue weighted by Crippen LogP contribution is -1.94. The van der Waals surface area contributed by atoms with Crippen LogP contribution < -0.4 is 5.32 Å². The van der Waals surface area contributed by atoms with Crippen molar-refractivity contribution in [2.45, 2.75) is 0 Å². The van der Waals surface area contributed by atoms with Gasteiger partial charge in [-0.25, -0.2) is 4.39 Å². The lowest BCUT2D eigenvalue weighted by atomic mass is 10.2. The second-order valence-electron chi connectivity index (χ2n) is 3.41. The smallest absolute Gasteiger partial charge is 0.143 e. The van der Waals surface area contributed by atoms with E-state index in [9.17, 15) is 4.39 Å². The fourth-order valence-electron chi connectivity index (χ4n) is 1.40. The van der Waals surface area contributed by atoms with Crippen LogP contribution in [-0.2, 0) is 0 Å². The Morgan fingerprint density at radius 3 is 2.59 bits per heavy atom. The highest BCUT2D eigenvalue weighted by atomic mass is 127. The normalized spacial score (nSPS) is 9.71. The van der Waals surface area contributed by atoms with Crippen molar-refractivity contribution in [3.8, 4) is 6.07 Å². The highest BCUT2D eigenvalue weighted by Gasteiger charge is 2.04. The number of nitrogens with zero attached hydrogens (tertiary/aromatic N) is 1. The predicted octanol–water partition coefficient (Wildman–Crippen LogP) is 4.05. The Bertz CT molecular complexity index is 590. The van der Waals surface area contributed by atoms with Gasteiger partial charge in [0, 0.05) is 9.26 Å². The monoisotopic (exact) mass is 338 g/mol. The summed E-state index contributed by atoms with van der Waals surface area (Å²) < 4.78 is 14.4. The molecule has 0 saturated heterocycles. The number of nitriles is 1. The van der Waals surface area contributed by atoms with Crippen LogP contribution in [0.15, 0.2) is 42.5 Å². The van der Waals surface area contributed by atoms with Crippen LogP contribution >= 0.6 is 22.6 Å². The quantitative estimate of drug-likeness (QED) is 0.839. The average molecular weight is 338 g/mol. The van der Waals surface area contributed by atoms with Crippen molar-refractivity contribution in [1.82, 2.24) is 0 Å². The summed E-state index contributed by atoms with van der Waals surface area (Å²) in [5, 5.41) is 11.7. The molecule has 1 N–H and O–H groups in total. The molecular formula is C13H8FIN2. The number of anilines is 2. The van der Waals surface area contributed by atoms with Gasteiger partial charge in [-0.2, -0.15) is 5.26 Å². The van der Waals surface area contributed by atoms with Gasteiger partial charge in [0.05, 0.1) is 11.3 Å². The summed E-state index contributed by atoms with van der Waals surface area (Å²) in [6.07, 6.45) is 0. The van der Waals surface area contributed by atoms with Crippen LogP contribution in [0.5, 0.6) is 0 Å². The van der Waals surface area contributed by atoms with Gasteiger partial charge in [-0.15, -0.1) is 0 Å². The first-order valence-electron chi connectivity index (χ1n) is 4.92. The Labute approximate surface area is 112 Å². The predicted molar refractivity (Wildman–Crippen MR) is 73.6 cm³/mol. The molecular weight excluding hydrogens is 330 g/mol. The molecule has 0 aliphatic heterocycles. The van der Waals surface area contributed by atoms with E-state index in [4.69, 9.17) is 5.26 Å². The van der Waals surface area contributed by atoms with Gasteiger partial charge < -0.3 is 5.32 Å². The van der Waals surface area contributed by atoms with Crippen molar-refractivity contribution < 1.29 is 4.39 Å². The minimum Gasteiger partial charge on any atom is -0.355 e. The highest BCUT2D eigenvalue weighted by molar-refractivity contribution is 14.1. The van der Waals surface area contributed by atoms with Gasteiger partial charge in [-0.05, 0) is 52.9 Å². The summed E-state index contributed by atoms with van der Waals surface area (Å²) in [5.74, 6) is -0.511. The molecule has 0 aromatic heterocycles. The zero-order chi connectivity index (χ0) is 12.3. The third kappa shape index (κ3) is 2.74. The zero-order valence-corrected chi connectivity index (χ0v) is 10.9. The number of benzene rings is 2. The Balaban J connectivity index is 2.29. The van der Waals surface area contributed by atoms with Gasteiger partial charge in [-0.3, -0.25) is 0 Å². The molecule has 2 aromatic carbocycles. The molecule has 0 aliphatic rings. The van der Waals surface area contributed by atoms with E-state index in [-0.39, 0.29) is 5.56 Å². The van der Waals surface area contributed by atoms with Crippen molar-refractivity contribution in [2.75, 3.05) is 5.32 Å². The highest BCUT2D eigenvalue weighted by Crippen LogP contribution is 2.23. The summed E-state index contributed by atoms with van der Waals surface area (Å²) >= 11 is 2.20. The molecule has 84 valence electrons. The fraction of sp³-hybridized carbons (Fsp3) is 0. The van der Waals surface area contributed by atoms with E-state index in [1.54, 1.807) is 12.1 Å². The molecule has 0 saturated carbocycles. The van der Waals surface area contributed by atoms with Crippen LogP contribution in [0.25, 0.3) is 0 Å². The van der Waals surface area contributed by atoms with Crippen LogP contribution in [0.3, 0.4) is 0 Å². The Kier molecular flexibility index (Phi) is 3.59. The second kappa shape index (κ2) is 5.15. The topological polar surface area (TPSA) is 35.8 Å². The first-order valence-corrected chi connectivity index (χ1v) is 6.00. The number of nitrogens with one attached hydrogen (secondary N) is 1. The maximum absolute atomic E-state index is 13.4. The van der Waals surface area contributed by atoms with Crippen molar-refractivity contribution in [3.63, 3.8) is 0 Å². The van der Waals surface area contributed by atoms with Crippen molar-refractivity contribution >= 4 is 34.0 Å². The van der Waals surface area contributed by atoms with Gasteiger partial charge >= 0.3 is 0 Å². The van der Waals surface area contributed by atoms with E-state index in [1.807, 2.05) is 24.3 Å². The van der Waals surface area contributed by atoms with E-state index in [0.29, 0.717) is 5.69 Å². The number of hydrogen-bond acceptors (Lipinski definition) is 2. The summed E-state index contributed by atoms with van der Waals surface area (Å²) in [7, 11) is 0. The third-order valence-electron chi connectivity index (χ3n) is 2.24. The average Bonchev–Trinajstić information content (AvgIpc) is 2.32. The lowest BCUT2D eigenvalue weighted by molar-refractivity contribution is 0.624. The molecule has 0 atom stereocenters. The Morgan fingerprint density at radius 2 is 1.94 bits per heavy atom. The van der Waals surface area contributed by atoms with Crippen molar-refractivity contribution in [2.24, 2.45) is 0 Å². The Hall–Kier alpha value is -1.61. The molecule has 17 heavy (non-hydrogen) atoms. The maximum atomic E-state index is 13.4. The molecule has 0 bridgehead atoms. The van der Waals surface area contributed by atoms with Crippen LogP contribution in [-0.4, -0.2) is 0 Å². The van der Waals surface area contributed by atoms with Crippen LogP contribution in [0.2, 0.25) is 0 Å². The van der Waals surface area contributed by atoms with Crippen molar-refractivity contribution in [1.29, 1.82) is 5.26 Å². The molecule has 0 radical (unpaired) electrons. The van der Waals surface area contributed by atoms with E-state index >= 15 is 0 Å². The van der Waals surface area contributed by atoms with Gasteiger partial charge in [0.15, 0.2) is 0 Å². The summed E-state index contributed by atoms with van der Waals surface area (Å²) in [5.41, 5.74) is 1.60. The summed E-state index contributed by atoms with van der Waals surface area (Å²) in [4.78, 5) is 0. The molecule has 0 heterocycles. The molecule has 2 aromatic rings. The summed E-state index contributed by atoms with van der Waals surface area (Å²) in [6, 6.07) is 14.0.